The van der Waals surface area contributed by atoms with Crippen molar-refractivity contribution in [3.05, 3.63) is 54.4 Å². The number of benzene rings is 2. The van der Waals surface area contributed by atoms with E-state index in [2.05, 4.69) is 44.7 Å². The van der Waals surface area contributed by atoms with Gasteiger partial charge in [0.05, 0.1) is 13.7 Å². The number of aromatic nitrogens is 2. The predicted molar refractivity (Wildman–Crippen MR) is 106 cm³/mol. The fraction of sp³-hybridized carbons (Fsp3) is 0.333. The molecule has 1 saturated heterocycles. The third kappa shape index (κ3) is 4.22. The molecule has 27 heavy (non-hydrogen) atoms. The van der Waals surface area contributed by atoms with Crippen LogP contribution in [0.15, 0.2) is 52.9 Å². The van der Waals surface area contributed by atoms with E-state index in [0.717, 1.165) is 30.1 Å². The Morgan fingerprint density at radius 2 is 1.70 bits per heavy atom. The molecular weight excluding hydrogens is 340 g/mol. The lowest BCUT2D eigenvalue weighted by Gasteiger charge is -2.28. The van der Waals surface area contributed by atoms with E-state index in [1.807, 2.05) is 24.3 Å². The Morgan fingerprint density at radius 3 is 2.41 bits per heavy atom. The number of nitrogens with zero attached hydrogens (tertiary/aromatic N) is 3. The Hall–Kier alpha value is -3.02. The van der Waals surface area contributed by atoms with Gasteiger partial charge >= 0.3 is 0 Å². The lowest BCUT2D eigenvalue weighted by Crippen LogP contribution is -2.29. The van der Waals surface area contributed by atoms with Crippen molar-refractivity contribution in [3.63, 3.8) is 0 Å². The molecular formula is C21H24N4O2. The van der Waals surface area contributed by atoms with Gasteiger partial charge in [-0.2, -0.15) is 0 Å². The monoisotopic (exact) mass is 364 g/mol. The van der Waals surface area contributed by atoms with Gasteiger partial charge in [-0.15, -0.1) is 10.2 Å². The van der Waals surface area contributed by atoms with Crippen molar-refractivity contribution in [1.29, 1.82) is 0 Å². The summed E-state index contributed by atoms with van der Waals surface area (Å²) in [5.74, 6) is 1.86. The number of hydrogen-bond donors (Lipinski definition) is 1. The summed E-state index contributed by atoms with van der Waals surface area (Å²) in [5, 5.41) is 11.6. The molecule has 1 N–H and O–H groups in total. The molecule has 3 aromatic rings. The van der Waals surface area contributed by atoms with Crippen LogP contribution in [0.3, 0.4) is 0 Å². The van der Waals surface area contributed by atoms with E-state index in [1.165, 1.54) is 24.9 Å². The molecule has 0 amide bonds. The Kier molecular flexibility index (Phi) is 5.23. The van der Waals surface area contributed by atoms with E-state index in [4.69, 9.17) is 9.15 Å². The van der Waals surface area contributed by atoms with Crippen molar-refractivity contribution in [1.82, 2.24) is 10.2 Å². The minimum Gasteiger partial charge on any atom is -0.497 e. The zero-order valence-electron chi connectivity index (χ0n) is 15.5. The Bertz CT molecular complexity index is 853. The fourth-order valence-electron chi connectivity index (χ4n) is 3.30. The minimum atomic E-state index is 0.492. The Morgan fingerprint density at radius 1 is 0.963 bits per heavy atom. The van der Waals surface area contributed by atoms with Gasteiger partial charge in [0.2, 0.25) is 11.8 Å². The summed E-state index contributed by atoms with van der Waals surface area (Å²) >= 11 is 0. The molecule has 2 heterocycles. The molecule has 1 aliphatic heterocycles. The van der Waals surface area contributed by atoms with Crippen LogP contribution in [0.1, 0.15) is 25.2 Å². The molecule has 140 valence electrons. The van der Waals surface area contributed by atoms with Gasteiger partial charge in [0.1, 0.15) is 5.75 Å². The molecule has 0 spiro atoms. The van der Waals surface area contributed by atoms with Gasteiger partial charge in [-0.3, -0.25) is 0 Å². The molecule has 0 atom stereocenters. The molecule has 1 fully saturated rings. The van der Waals surface area contributed by atoms with Crippen LogP contribution in [0.4, 0.5) is 11.4 Å². The summed E-state index contributed by atoms with van der Waals surface area (Å²) < 4.78 is 10.9. The highest BCUT2D eigenvalue weighted by atomic mass is 16.5. The minimum absolute atomic E-state index is 0.492. The lowest BCUT2D eigenvalue weighted by atomic mass is 10.1. The predicted octanol–water partition coefficient (Wildman–Crippen LogP) is 4.35. The molecule has 4 rings (SSSR count). The lowest BCUT2D eigenvalue weighted by molar-refractivity contribution is 0.415. The van der Waals surface area contributed by atoms with Crippen LogP contribution in [0.25, 0.3) is 11.5 Å². The second-order valence-electron chi connectivity index (χ2n) is 6.68. The average molecular weight is 364 g/mol. The fourth-order valence-corrected chi connectivity index (χ4v) is 3.30. The van der Waals surface area contributed by atoms with E-state index < -0.39 is 0 Å². The highest BCUT2D eigenvalue weighted by molar-refractivity contribution is 5.56. The second kappa shape index (κ2) is 8.12. The van der Waals surface area contributed by atoms with Crippen molar-refractivity contribution in [2.45, 2.75) is 25.8 Å². The van der Waals surface area contributed by atoms with Gasteiger partial charge in [0.25, 0.3) is 0 Å². The molecule has 6 heteroatoms. The van der Waals surface area contributed by atoms with Gasteiger partial charge in [-0.25, -0.2) is 0 Å². The van der Waals surface area contributed by atoms with Crippen molar-refractivity contribution in [2.24, 2.45) is 0 Å². The first kappa shape index (κ1) is 17.4. The summed E-state index contributed by atoms with van der Waals surface area (Å²) in [7, 11) is 1.64. The quantitative estimate of drug-likeness (QED) is 0.702. The standard InChI is InChI=1S/C21H24N4O2/c1-26-19-11-5-16(6-12-19)21-24-23-20(27-21)15-22-17-7-9-18(10-8-17)25-13-3-2-4-14-25/h5-12,22H,2-4,13-15H2,1H3. The Balaban J connectivity index is 1.35. The maximum atomic E-state index is 5.75. The first-order chi connectivity index (χ1) is 13.3. The molecule has 0 unspecified atom stereocenters. The highest BCUT2D eigenvalue weighted by Gasteiger charge is 2.11. The van der Waals surface area contributed by atoms with Crippen LogP contribution in [0.2, 0.25) is 0 Å². The van der Waals surface area contributed by atoms with Crippen LogP contribution in [0.5, 0.6) is 5.75 Å². The summed E-state index contributed by atoms with van der Waals surface area (Å²) in [5.41, 5.74) is 3.21. The zero-order chi connectivity index (χ0) is 18.5. The van der Waals surface area contributed by atoms with Crippen molar-refractivity contribution in [2.75, 3.05) is 30.4 Å². The van der Waals surface area contributed by atoms with Crippen LogP contribution < -0.4 is 15.0 Å². The van der Waals surface area contributed by atoms with Crippen LogP contribution in [-0.4, -0.2) is 30.4 Å². The molecule has 6 nitrogen and oxygen atoms in total. The second-order valence-corrected chi connectivity index (χ2v) is 6.68. The van der Waals surface area contributed by atoms with Crippen molar-refractivity contribution < 1.29 is 9.15 Å². The van der Waals surface area contributed by atoms with Crippen LogP contribution in [-0.2, 0) is 6.54 Å². The van der Waals surface area contributed by atoms with Gasteiger partial charge in [0.15, 0.2) is 0 Å². The van der Waals surface area contributed by atoms with Gasteiger partial charge < -0.3 is 19.4 Å². The molecule has 0 aliphatic carbocycles. The molecule has 2 aromatic carbocycles. The maximum Gasteiger partial charge on any atom is 0.247 e. The molecule has 0 radical (unpaired) electrons. The number of ether oxygens (including phenoxy) is 1. The highest BCUT2D eigenvalue weighted by Crippen LogP contribution is 2.23. The van der Waals surface area contributed by atoms with Crippen molar-refractivity contribution in [3.8, 4) is 17.2 Å². The first-order valence-electron chi connectivity index (χ1n) is 9.37. The Labute approximate surface area is 159 Å². The van der Waals surface area contributed by atoms with Gasteiger partial charge in [-0.05, 0) is 67.8 Å². The first-order valence-corrected chi connectivity index (χ1v) is 9.37. The third-order valence-corrected chi connectivity index (χ3v) is 4.84. The number of anilines is 2. The van der Waals surface area contributed by atoms with Crippen LogP contribution in [0, 0.1) is 0 Å². The van der Waals surface area contributed by atoms with E-state index >= 15 is 0 Å². The topological polar surface area (TPSA) is 63.4 Å². The third-order valence-electron chi connectivity index (χ3n) is 4.84. The molecule has 1 aromatic heterocycles. The average Bonchev–Trinajstić information content (AvgIpc) is 3.22. The van der Waals surface area contributed by atoms with E-state index in [1.54, 1.807) is 7.11 Å². The van der Waals surface area contributed by atoms with Crippen LogP contribution >= 0.6 is 0 Å². The SMILES string of the molecule is COc1ccc(-c2nnc(CNc3ccc(N4CCCCC4)cc3)o2)cc1. The number of nitrogens with one attached hydrogen (secondary N) is 1. The van der Waals surface area contributed by atoms with Gasteiger partial charge in [-0.1, -0.05) is 0 Å². The summed E-state index contributed by atoms with van der Waals surface area (Å²) in [4.78, 5) is 2.45. The maximum absolute atomic E-state index is 5.75. The zero-order valence-corrected chi connectivity index (χ0v) is 15.5. The smallest absolute Gasteiger partial charge is 0.247 e. The number of rotatable bonds is 6. The van der Waals surface area contributed by atoms with Gasteiger partial charge in [0, 0.05) is 30.0 Å². The normalized spacial score (nSPS) is 14.2. The van der Waals surface area contributed by atoms with Crippen molar-refractivity contribution >= 4 is 11.4 Å². The van der Waals surface area contributed by atoms with E-state index in [-0.39, 0.29) is 0 Å². The van der Waals surface area contributed by atoms with E-state index in [0.29, 0.717) is 18.3 Å². The molecule has 1 aliphatic rings. The number of hydrogen-bond acceptors (Lipinski definition) is 6. The molecule has 0 saturated carbocycles. The largest absolute Gasteiger partial charge is 0.497 e. The summed E-state index contributed by atoms with van der Waals surface area (Å²) in [6.07, 6.45) is 3.92. The molecule has 0 bridgehead atoms. The summed E-state index contributed by atoms with van der Waals surface area (Å²) in [6.45, 7) is 2.80. The summed E-state index contributed by atoms with van der Waals surface area (Å²) in [6, 6.07) is 16.1. The van der Waals surface area contributed by atoms with E-state index in [9.17, 15) is 0 Å². The number of piperidine rings is 1. The number of methoxy groups -OCH3 is 1.